The SMILES string of the molecule is O=C(COC(=O)c1cc(S(=O)(=O)N2CCOCC2)c(Cl)cc1Cl)Nc1nc(-c2ccc(F)cc2)cs1. The van der Waals surface area contributed by atoms with Gasteiger partial charge in [0.2, 0.25) is 10.0 Å². The van der Waals surface area contributed by atoms with E-state index in [0.29, 0.717) is 11.3 Å². The second-order valence-electron chi connectivity index (χ2n) is 7.45. The molecule has 0 bridgehead atoms. The summed E-state index contributed by atoms with van der Waals surface area (Å²) in [4.78, 5) is 28.8. The van der Waals surface area contributed by atoms with Crippen molar-refractivity contribution in [2.45, 2.75) is 4.90 Å². The van der Waals surface area contributed by atoms with E-state index in [2.05, 4.69) is 10.3 Å². The fourth-order valence-electron chi connectivity index (χ4n) is 3.26. The normalized spacial score (nSPS) is 14.4. The third kappa shape index (κ3) is 6.02. The number of anilines is 1. The summed E-state index contributed by atoms with van der Waals surface area (Å²) >= 11 is 13.4. The van der Waals surface area contributed by atoms with Crippen LogP contribution >= 0.6 is 34.5 Å². The van der Waals surface area contributed by atoms with Gasteiger partial charge in [-0.2, -0.15) is 4.31 Å². The zero-order chi connectivity index (χ0) is 25.9. The number of nitrogens with zero attached hydrogens (tertiary/aromatic N) is 2. The van der Waals surface area contributed by atoms with E-state index in [0.717, 1.165) is 23.5 Å². The van der Waals surface area contributed by atoms with E-state index in [9.17, 15) is 22.4 Å². The van der Waals surface area contributed by atoms with Crippen LogP contribution in [0.25, 0.3) is 11.3 Å². The third-order valence-electron chi connectivity index (χ3n) is 5.05. The lowest BCUT2D eigenvalue weighted by Crippen LogP contribution is -2.40. The first-order valence-corrected chi connectivity index (χ1v) is 13.5. The molecular weight excluding hydrogens is 556 g/mol. The molecule has 1 saturated heterocycles. The first-order chi connectivity index (χ1) is 17.1. The highest BCUT2D eigenvalue weighted by Gasteiger charge is 2.30. The molecule has 0 saturated carbocycles. The molecule has 190 valence electrons. The summed E-state index contributed by atoms with van der Waals surface area (Å²) in [5.74, 6) is -2.05. The van der Waals surface area contributed by atoms with Gasteiger partial charge in [-0.1, -0.05) is 23.2 Å². The summed E-state index contributed by atoms with van der Waals surface area (Å²) in [6, 6.07) is 7.88. The lowest BCUT2D eigenvalue weighted by atomic mass is 10.2. The van der Waals surface area contributed by atoms with Gasteiger partial charge in [-0.05, 0) is 36.4 Å². The lowest BCUT2D eigenvalue weighted by Gasteiger charge is -2.26. The second kappa shape index (κ2) is 11.2. The number of carbonyl (C=O) groups is 2. The zero-order valence-electron chi connectivity index (χ0n) is 18.4. The van der Waals surface area contributed by atoms with Crippen LogP contribution in [-0.2, 0) is 24.3 Å². The van der Waals surface area contributed by atoms with Crippen molar-refractivity contribution in [1.82, 2.24) is 9.29 Å². The van der Waals surface area contributed by atoms with E-state index in [1.165, 1.54) is 16.4 Å². The molecule has 4 rings (SSSR count). The number of halogens is 3. The van der Waals surface area contributed by atoms with Crippen LogP contribution in [0.2, 0.25) is 10.0 Å². The Kier molecular flexibility index (Phi) is 8.23. The molecule has 2 heterocycles. The van der Waals surface area contributed by atoms with Gasteiger partial charge >= 0.3 is 5.97 Å². The van der Waals surface area contributed by atoms with Gasteiger partial charge in [0.15, 0.2) is 11.7 Å². The Morgan fingerprint density at radius 2 is 1.83 bits per heavy atom. The molecule has 14 heteroatoms. The van der Waals surface area contributed by atoms with Crippen LogP contribution in [0.5, 0.6) is 0 Å². The maximum atomic E-state index is 13.1. The topological polar surface area (TPSA) is 115 Å². The Morgan fingerprint density at radius 1 is 1.14 bits per heavy atom. The summed E-state index contributed by atoms with van der Waals surface area (Å²) < 4.78 is 50.5. The van der Waals surface area contributed by atoms with Crippen molar-refractivity contribution in [3.8, 4) is 11.3 Å². The first-order valence-electron chi connectivity index (χ1n) is 10.4. The molecule has 0 aliphatic carbocycles. The van der Waals surface area contributed by atoms with Crippen LogP contribution in [0.4, 0.5) is 9.52 Å². The average molecular weight is 574 g/mol. The average Bonchev–Trinajstić information content (AvgIpc) is 3.31. The van der Waals surface area contributed by atoms with E-state index >= 15 is 0 Å². The molecule has 0 atom stereocenters. The molecule has 9 nitrogen and oxygen atoms in total. The van der Waals surface area contributed by atoms with Crippen molar-refractivity contribution in [1.29, 1.82) is 0 Å². The van der Waals surface area contributed by atoms with Gasteiger partial charge in [-0.15, -0.1) is 11.3 Å². The number of ether oxygens (including phenoxy) is 2. The fraction of sp³-hybridized carbons (Fsp3) is 0.227. The predicted octanol–water partition coefficient (Wildman–Crippen LogP) is 4.07. The number of thiazole rings is 1. The molecule has 1 N–H and O–H groups in total. The van der Waals surface area contributed by atoms with Gasteiger partial charge < -0.3 is 9.47 Å². The summed E-state index contributed by atoms with van der Waals surface area (Å²) in [6.45, 7) is 0.0778. The molecule has 3 aromatic rings. The number of hydrogen-bond acceptors (Lipinski definition) is 8. The third-order valence-corrected chi connectivity index (χ3v) is 8.49. The van der Waals surface area contributed by atoms with Crippen molar-refractivity contribution in [2.24, 2.45) is 0 Å². The van der Waals surface area contributed by atoms with Crippen LogP contribution in [-0.4, -0.2) is 62.5 Å². The molecule has 1 aliphatic rings. The Morgan fingerprint density at radius 3 is 2.53 bits per heavy atom. The van der Waals surface area contributed by atoms with Crippen molar-refractivity contribution < 1.29 is 31.9 Å². The van der Waals surface area contributed by atoms with Crippen molar-refractivity contribution in [3.63, 3.8) is 0 Å². The molecule has 36 heavy (non-hydrogen) atoms. The molecule has 0 unspecified atom stereocenters. The number of carbonyl (C=O) groups excluding carboxylic acids is 2. The number of rotatable bonds is 7. The van der Waals surface area contributed by atoms with E-state index in [-0.39, 0.29) is 57.8 Å². The molecular formula is C22H18Cl2FN3O6S2. The number of hydrogen-bond donors (Lipinski definition) is 1. The molecule has 0 spiro atoms. The number of esters is 1. The van der Waals surface area contributed by atoms with E-state index < -0.39 is 28.5 Å². The van der Waals surface area contributed by atoms with Crippen LogP contribution in [0, 0.1) is 5.82 Å². The van der Waals surface area contributed by atoms with Gasteiger partial charge in [-0.3, -0.25) is 10.1 Å². The Balaban J connectivity index is 1.41. The van der Waals surface area contributed by atoms with Crippen LogP contribution in [0.3, 0.4) is 0 Å². The molecule has 0 radical (unpaired) electrons. The van der Waals surface area contributed by atoms with E-state index in [1.807, 2.05) is 0 Å². The maximum Gasteiger partial charge on any atom is 0.340 e. The lowest BCUT2D eigenvalue weighted by molar-refractivity contribution is -0.119. The van der Waals surface area contributed by atoms with Crippen LogP contribution in [0.15, 0.2) is 46.7 Å². The fourth-order valence-corrected chi connectivity index (χ4v) is 6.23. The minimum absolute atomic E-state index is 0.129. The van der Waals surface area contributed by atoms with Crippen molar-refractivity contribution in [2.75, 3.05) is 38.2 Å². The minimum atomic E-state index is -4.01. The Hall–Kier alpha value is -2.61. The highest BCUT2D eigenvalue weighted by Crippen LogP contribution is 2.31. The first kappa shape index (κ1) is 26.5. The zero-order valence-corrected chi connectivity index (χ0v) is 21.5. The molecule has 1 fully saturated rings. The van der Waals surface area contributed by atoms with Crippen LogP contribution < -0.4 is 5.32 Å². The largest absolute Gasteiger partial charge is 0.452 e. The van der Waals surface area contributed by atoms with Gasteiger partial charge in [0.05, 0.1) is 34.5 Å². The highest BCUT2D eigenvalue weighted by molar-refractivity contribution is 7.89. The van der Waals surface area contributed by atoms with E-state index in [4.69, 9.17) is 32.7 Å². The Labute approximate surface area is 219 Å². The number of sulfonamides is 1. The molecule has 1 aliphatic heterocycles. The minimum Gasteiger partial charge on any atom is -0.452 e. The maximum absolute atomic E-state index is 13.1. The standard InChI is InChI=1S/C22H18Cl2FN3O6S2/c23-16-10-17(24)19(36(31,32)28-5-7-33-8-6-28)9-15(16)21(30)34-11-20(29)27-22-26-18(12-35-22)13-1-3-14(25)4-2-13/h1-4,9-10,12H,5-8,11H2,(H,26,27,29). The number of amides is 1. The number of benzene rings is 2. The van der Waals surface area contributed by atoms with Gasteiger partial charge in [0.1, 0.15) is 10.7 Å². The van der Waals surface area contributed by atoms with Crippen LogP contribution in [0.1, 0.15) is 10.4 Å². The quantitative estimate of drug-likeness (QED) is 0.423. The predicted molar refractivity (Wildman–Crippen MR) is 132 cm³/mol. The second-order valence-corrected chi connectivity index (χ2v) is 11.0. The Bertz CT molecular complexity index is 1390. The van der Waals surface area contributed by atoms with Gasteiger partial charge in [0.25, 0.3) is 5.91 Å². The molecule has 1 amide bonds. The van der Waals surface area contributed by atoms with E-state index in [1.54, 1.807) is 17.5 Å². The summed E-state index contributed by atoms with van der Waals surface area (Å²) in [5, 5.41) is 4.15. The summed E-state index contributed by atoms with van der Waals surface area (Å²) in [7, 11) is -4.01. The smallest absolute Gasteiger partial charge is 0.340 e. The molecule has 1 aromatic heterocycles. The van der Waals surface area contributed by atoms with Gasteiger partial charge in [0, 0.05) is 24.0 Å². The summed E-state index contributed by atoms with van der Waals surface area (Å²) in [6.07, 6.45) is 0. The molecule has 2 aromatic carbocycles. The number of nitrogens with one attached hydrogen (secondary N) is 1. The van der Waals surface area contributed by atoms with Crippen molar-refractivity contribution >= 4 is 61.6 Å². The van der Waals surface area contributed by atoms with Gasteiger partial charge in [-0.25, -0.2) is 22.6 Å². The summed E-state index contributed by atoms with van der Waals surface area (Å²) in [5.41, 5.74) is 0.947. The van der Waals surface area contributed by atoms with Crippen molar-refractivity contribution in [3.05, 3.63) is 63.2 Å². The highest BCUT2D eigenvalue weighted by atomic mass is 35.5. The number of morpholine rings is 1. The number of aromatic nitrogens is 1. The monoisotopic (exact) mass is 573 g/mol.